The molecule has 0 heterocycles. The molecule has 0 aromatic carbocycles. The summed E-state index contributed by atoms with van der Waals surface area (Å²) < 4.78 is 16.7. The molecule has 0 aliphatic carbocycles. The highest BCUT2D eigenvalue weighted by molar-refractivity contribution is 5.71. The molecule has 0 saturated heterocycles. The van der Waals surface area contributed by atoms with Crippen LogP contribution in [0.2, 0.25) is 0 Å². The fourth-order valence-corrected chi connectivity index (χ4v) is 6.36. The van der Waals surface area contributed by atoms with E-state index in [4.69, 9.17) is 14.2 Å². The number of ether oxygens (including phenoxy) is 3. The highest BCUT2D eigenvalue weighted by Gasteiger charge is 2.19. The van der Waals surface area contributed by atoms with Gasteiger partial charge in [0.25, 0.3) is 0 Å². The predicted octanol–water partition coefficient (Wildman–Crippen LogP) is 14.9. The quantitative estimate of drug-likeness (QED) is 0.0202. The highest BCUT2D eigenvalue weighted by Crippen LogP contribution is 2.15. The van der Waals surface area contributed by atoms with Crippen molar-refractivity contribution in [3.05, 3.63) is 60.8 Å². The molecule has 0 aliphatic rings. The summed E-state index contributed by atoms with van der Waals surface area (Å²) in [4.78, 5) is 37.8. The summed E-state index contributed by atoms with van der Waals surface area (Å²) >= 11 is 0. The molecular formula is C50H86O6. The first-order chi connectivity index (χ1) is 27.5. The normalized spacial score (nSPS) is 12.6. The van der Waals surface area contributed by atoms with Crippen molar-refractivity contribution < 1.29 is 28.6 Å². The lowest BCUT2D eigenvalue weighted by Gasteiger charge is -2.18. The van der Waals surface area contributed by atoms with Crippen LogP contribution in [0.25, 0.3) is 0 Å². The van der Waals surface area contributed by atoms with Gasteiger partial charge in [-0.3, -0.25) is 14.4 Å². The summed E-state index contributed by atoms with van der Waals surface area (Å²) in [7, 11) is 0. The maximum absolute atomic E-state index is 12.7. The van der Waals surface area contributed by atoms with Gasteiger partial charge < -0.3 is 14.2 Å². The molecule has 0 aliphatic heterocycles. The fourth-order valence-electron chi connectivity index (χ4n) is 6.36. The molecular weight excluding hydrogens is 697 g/mol. The Morgan fingerprint density at radius 1 is 0.393 bits per heavy atom. The molecule has 0 saturated carbocycles. The number of esters is 3. The number of hydrogen-bond donors (Lipinski definition) is 0. The number of carbonyl (C=O) groups is 3. The molecule has 0 spiro atoms. The number of rotatable bonds is 41. The third kappa shape index (κ3) is 42.3. The summed E-state index contributed by atoms with van der Waals surface area (Å²) in [6.45, 7) is 6.36. The Kier molecular flexibility index (Phi) is 42.5. The first-order valence-corrected chi connectivity index (χ1v) is 23.3. The summed E-state index contributed by atoms with van der Waals surface area (Å²) in [6, 6.07) is 0. The summed E-state index contributed by atoms with van der Waals surface area (Å²) in [5.41, 5.74) is 0. The molecule has 6 heteroatoms. The van der Waals surface area contributed by atoms with Crippen molar-refractivity contribution in [2.24, 2.45) is 0 Å². The van der Waals surface area contributed by atoms with E-state index in [1.165, 1.54) is 64.2 Å². The van der Waals surface area contributed by atoms with Crippen molar-refractivity contribution in [3.63, 3.8) is 0 Å². The van der Waals surface area contributed by atoms with Gasteiger partial charge in [-0.15, -0.1) is 0 Å². The third-order valence-electron chi connectivity index (χ3n) is 9.83. The first kappa shape index (κ1) is 53.1. The number of carbonyl (C=O) groups excluding carboxylic acids is 3. The molecule has 0 aromatic heterocycles. The molecule has 0 bridgehead atoms. The Morgan fingerprint density at radius 3 is 1.27 bits per heavy atom. The SMILES string of the molecule is CC\C=C/C=C\C=C/CCCCCCCC(=O)OCC(COC(=O)CCCCCCC/C=C\C/C=C\CC)OC(=O)CCCCCCCCCCCCCCC. The molecule has 322 valence electrons. The average Bonchev–Trinajstić information content (AvgIpc) is 3.19. The zero-order valence-corrected chi connectivity index (χ0v) is 36.6. The molecule has 0 fully saturated rings. The molecule has 0 N–H and O–H groups in total. The van der Waals surface area contributed by atoms with Crippen LogP contribution in [0.5, 0.6) is 0 Å². The molecule has 6 nitrogen and oxygen atoms in total. The minimum atomic E-state index is -0.784. The van der Waals surface area contributed by atoms with E-state index >= 15 is 0 Å². The lowest BCUT2D eigenvalue weighted by molar-refractivity contribution is -0.167. The van der Waals surface area contributed by atoms with Crippen molar-refractivity contribution in [3.8, 4) is 0 Å². The van der Waals surface area contributed by atoms with E-state index in [0.717, 1.165) is 116 Å². The predicted molar refractivity (Wildman–Crippen MR) is 238 cm³/mol. The zero-order chi connectivity index (χ0) is 40.8. The topological polar surface area (TPSA) is 78.9 Å². The Morgan fingerprint density at radius 2 is 0.786 bits per heavy atom. The van der Waals surface area contributed by atoms with Gasteiger partial charge >= 0.3 is 17.9 Å². The molecule has 56 heavy (non-hydrogen) atoms. The van der Waals surface area contributed by atoms with Crippen LogP contribution < -0.4 is 0 Å². The van der Waals surface area contributed by atoms with Gasteiger partial charge in [-0.2, -0.15) is 0 Å². The zero-order valence-electron chi connectivity index (χ0n) is 36.6. The van der Waals surface area contributed by atoms with Crippen LogP contribution in [-0.4, -0.2) is 37.2 Å². The van der Waals surface area contributed by atoms with Crippen LogP contribution in [0.3, 0.4) is 0 Å². The molecule has 0 aromatic rings. The van der Waals surface area contributed by atoms with Gasteiger partial charge in [0.1, 0.15) is 13.2 Å². The average molecular weight is 783 g/mol. The Balaban J connectivity index is 4.42. The summed E-state index contributed by atoms with van der Waals surface area (Å²) in [5.74, 6) is -0.922. The largest absolute Gasteiger partial charge is 0.462 e. The molecule has 0 radical (unpaired) electrons. The minimum Gasteiger partial charge on any atom is -0.462 e. The van der Waals surface area contributed by atoms with E-state index in [9.17, 15) is 14.4 Å². The van der Waals surface area contributed by atoms with Crippen LogP contribution in [-0.2, 0) is 28.6 Å². The second-order valence-electron chi connectivity index (χ2n) is 15.3. The van der Waals surface area contributed by atoms with Crippen LogP contribution >= 0.6 is 0 Å². The lowest BCUT2D eigenvalue weighted by atomic mass is 10.0. The van der Waals surface area contributed by atoms with Gasteiger partial charge in [0.05, 0.1) is 0 Å². The van der Waals surface area contributed by atoms with Crippen LogP contribution in [0.4, 0.5) is 0 Å². The van der Waals surface area contributed by atoms with Crippen LogP contribution in [0, 0.1) is 0 Å². The first-order valence-electron chi connectivity index (χ1n) is 23.3. The summed E-state index contributed by atoms with van der Waals surface area (Å²) in [5, 5.41) is 0. The van der Waals surface area contributed by atoms with Gasteiger partial charge in [-0.25, -0.2) is 0 Å². The van der Waals surface area contributed by atoms with Gasteiger partial charge in [-0.05, 0) is 64.2 Å². The Bertz CT molecular complexity index is 1040. The second-order valence-corrected chi connectivity index (χ2v) is 15.3. The molecule has 1 atom stereocenters. The minimum absolute atomic E-state index is 0.0874. The monoisotopic (exact) mass is 783 g/mol. The van der Waals surface area contributed by atoms with Gasteiger partial charge in [0.2, 0.25) is 0 Å². The van der Waals surface area contributed by atoms with Crippen LogP contribution in [0.1, 0.15) is 220 Å². The Hall–Kier alpha value is -2.89. The number of unbranched alkanes of at least 4 members (excludes halogenated alkanes) is 22. The van der Waals surface area contributed by atoms with E-state index in [2.05, 4.69) is 81.5 Å². The van der Waals surface area contributed by atoms with Crippen molar-refractivity contribution >= 4 is 17.9 Å². The van der Waals surface area contributed by atoms with Gasteiger partial charge in [-0.1, -0.05) is 197 Å². The third-order valence-corrected chi connectivity index (χ3v) is 9.83. The van der Waals surface area contributed by atoms with Crippen molar-refractivity contribution in [1.29, 1.82) is 0 Å². The van der Waals surface area contributed by atoms with E-state index in [1.54, 1.807) is 0 Å². The lowest BCUT2D eigenvalue weighted by Crippen LogP contribution is -2.30. The number of hydrogen-bond acceptors (Lipinski definition) is 6. The standard InChI is InChI=1S/C50H86O6/c1-4-7-10-13-16-19-22-25-28-31-34-37-40-43-49(52)55-46-47(45-54-48(51)42-39-36-33-30-27-24-21-18-15-12-9-6-3)56-50(53)44-41-38-35-32-29-26-23-20-17-14-11-8-5-2/h7,9-10,12-13,16,18-19,21-22,47H,4-6,8,11,14-15,17,20,23-46H2,1-3H3/b10-7-,12-9-,16-13-,21-18-,22-19-. The summed E-state index contributed by atoms with van der Waals surface area (Å²) in [6.07, 6.45) is 53.4. The Labute approximate surface area is 345 Å². The van der Waals surface area contributed by atoms with E-state index in [0.29, 0.717) is 19.3 Å². The second kappa shape index (κ2) is 44.8. The van der Waals surface area contributed by atoms with E-state index in [1.807, 2.05) is 0 Å². The maximum atomic E-state index is 12.7. The highest BCUT2D eigenvalue weighted by atomic mass is 16.6. The van der Waals surface area contributed by atoms with Crippen molar-refractivity contribution in [2.45, 2.75) is 226 Å². The smallest absolute Gasteiger partial charge is 0.306 e. The fraction of sp³-hybridized carbons (Fsp3) is 0.740. The van der Waals surface area contributed by atoms with Gasteiger partial charge in [0.15, 0.2) is 6.10 Å². The van der Waals surface area contributed by atoms with E-state index in [-0.39, 0.29) is 31.1 Å². The van der Waals surface area contributed by atoms with Crippen LogP contribution in [0.15, 0.2) is 60.8 Å². The van der Waals surface area contributed by atoms with E-state index < -0.39 is 6.10 Å². The van der Waals surface area contributed by atoms with Crippen molar-refractivity contribution in [2.75, 3.05) is 13.2 Å². The maximum Gasteiger partial charge on any atom is 0.306 e. The molecule has 0 amide bonds. The van der Waals surface area contributed by atoms with Crippen molar-refractivity contribution in [1.82, 2.24) is 0 Å². The molecule has 0 rings (SSSR count). The molecule has 1 unspecified atom stereocenters. The number of allylic oxidation sites excluding steroid dienone is 10. The van der Waals surface area contributed by atoms with Gasteiger partial charge in [0, 0.05) is 19.3 Å².